The van der Waals surface area contributed by atoms with Gasteiger partial charge in [-0.2, -0.15) is 0 Å². The van der Waals surface area contributed by atoms with E-state index < -0.39 is 6.29 Å². The zero-order valence-electron chi connectivity index (χ0n) is 14.0. The molecule has 0 aromatic heterocycles. The molecule has 1 aliphatic rings. The zero-order valence-corrected chi connectivity index (χ0v) is 14.0. The largest absolute Gasteiger partial charge is 0.463 e. The van der Waals surface area contributed by atoms with Crippen LogP contribution in [0.15, 0.2) is 0 Å². The topological polar surface area (TPSA) is 68.3 Å². The van der Waals surface area contributed by atoms with Crippen LogP contribution in [0.3, 0.4) is 0 Å². The first-order valence-corrected chi connectivity index (χ1v) is 7.67. The molecule has 1 heterocycles. The summed E-state index contributed by atoms with van der Waals surface area (Å²) in [7, 11) is 7.62. The molecule has 0 aromatic rings. The smallest absolute Gasteiger partial charge is 0.309 e. The number of esters is 2. The first-order chi connectivity index (χ1) is 10.4. The van der Waals surface area contributed by atoms with Crippen LogP contribution >= 0.6 is 0 Å². The van der Waals surface area contributed by atoms with E-state index in [2.05, 4.69) is 0 Å². The SMILES string of the molecule is CN(C)CCC(=O)OC[C@@H]1CC[C@H](OC(=O)CCN(C)C)O1. The highest BCUT2D eigenvalue weighted by atomic mass is 16.7. The number of carbonyl (C=O) groups excluding carboxylic acids is 2. The monoisotopic (exact) mass is 316 g/mol. The van der Waals surface area contributed by atoms with Crippen LogP contribution < -0.4 is 0 Å². The summed E-state index contributed by atoms with van der Waals surface area (Å²) in [5.41, 5.74) is 0. The van der Waals surface area contributed by atoms with Crippen LogP contribution in [-0.4, -0.2) is 82.0 Å². The van der Waals surface area contributed by atoms with Gasteiger partial charge in [0, 0.05) is 19.5 Å². The first kappa shape index (κ1) is 18.9. The third kappa shape index (κ3) is 8.31. The van der Waals surface area contributed by atoms with E-state index in [1.54, 1.807) is 0 Å². The van der Waals surface area contributed by atoms with Crippen LogP contribution in [0.4, 0.5) is 0 Å². The molecule has 0 aromatic carbocycles. The van der Waals surface area contributed by atoms with E-state index >= 15 is 0 Å². The molecule has 0 N–H and O–H groups in total. The number of carbonyl (C=O) groups is 2. The average molecular weight is 316 g/mol. The number of nitrogens with zero attached hydrogens (tertiary/aromatic N) is 2. The van der Waals surface area contributed by atoms with Gasteiger partial charge in [-0.1, -0.05) is 0 Å². The van der Waals surface area contributed by atoms with Crippen molar-refractivity contribution < 1.29 is 23.8 Å². The summed E-state index contributed by atoms with van der Waals surface area (Å²) in [6.45, 7) is 1.53. The molecule has 0 radical (unpaired) electrons. The summed E-state index contributed by atoms with van der Waals surface area (Å²) in [5, 5.41) is 0. The lowest BCUT2D eigenvalue weighted by Gasteiger charge is -2.16. The molecule has 0 amide bonds. The Morgan fingerprint density at radius 2 is 1.59 bits per heavy atom. The van der Waals surface area contributed by atoms with Crippen molar-refractivity contribution in [2.75, 3.05) is 47.9 Å². The Labute approximate surface area is 132 Å². The van der Waals surface area contributed by atoms with E-state index in [1.165, 1.54) is 0 Å². The summed E-state index contributed by atoms with van der Waals surface area (Å²) in [6, 6.07) is 0. The van der Waals surface area contributed by atoms with Crippen LogP contribution in [0.25, 0.3) is 0 Å². The second-order valence-corrected chi connectivity index (χ2v) is 6.04. The lowest BCUT2D eigenvalue weighted by atomic mass is 10.2. The number of hydrogen-bond donors (Lipinski definition) is 0. The molecule has 22 heavy (non-hydrogen) atoms. The van der Waals surface area contributed by atoms with Gasteiger partial charge in [-0.15, -0.1) is 0 Å². The summed E-state index contributed by atoms with van der Waals surface area (Å²) in [5.74, 6) is -0.494. The Morgan fingerprint density at radius 3 is 2.18 bits per heavy atom. The Balaban J connectivity index is 2.15. The van der Waals surface area contributed by atoms with Gasteiger partial charge < -0.3 is 24.0 Å². The molecule has 2 atom stereocenters. The molecular formula is C15H28N2O5. The first-order valence-electron chi connectivity index (χ1n) is 7.67. The predicted molar refractivity (Wildman–Crippen MR) is 81.3 cm³/mol. The van der Waals surface area contributed by atoms with Gasteiger partial charge in [0.25, 0.3) is 0 Å². The lowest BCUT2D eigenvalue weighted by Crippen LogP contribution is -2.25. The van der Waals surface area contributed by atoms with E-state index in [4.69, 9.17) is 14.2 Å². The molecular weight excluding hydrogens is 288 g/mol. The molecule has 0 bridgehead atoms. The minimum atomic E-state index is -0.514. The summed E-state index contributed by atoms with van der Waals surface area (Å²) in [4.78, 5) is 27.0. The molecule has 0 aliphatic carbocycles. The fourth-order valence-electron chi connectivity index (χ4n) is 1.98. The quantitative estimate of drug-likeness (QED) is 0.573. The fourth-order valence-corrected chi connectivity index (χ4v) is 1.98. The van der Waals surface area contributed by atoms with Gasteiger partial charge >= 0.3 is 11.9 Å². The average Bonchev–Trinajstić information content (AvgIpc) is 2.88. The molecule has 7 heteroatoms. The van der Waals surface area contributed by atoms with Gasteiger partial charge in [-0.3, -0.25) is 9.59 Å². The highest BCUT2D eigenvalue weighted by molar-refractivity contribution is 5.70. The molecule has 1 saturated heterocycles. The van der Waals surface area contributed by atoms with Crippen molar-refractivity contribution in [1.82, 2.24) is 9.80 Å². The van der Waals surface area contributed by atoms with Crippen molar-refractivity contribution >= 4 is 11.9 Å². The maximum absolute atomic E-state index is 11.6. The van der Waals surface area contributed by atoms with Gasteiger partial charge in [0.15, 0.2) is 0 Å². The van der Waals surface area contributed by atoms with Crippen molar-refractivity contribution in [3.63, 3.8) is 0 Å². The Bertz CT molecular complexity index is 360. The van der Waals surface area contributed by atoms with Gasteiger partial charge in [0.05, 0.1) is 18.9 Å². The molecule has 1 rings (SSSR count). The summed E-state index contributed by atoms with van der Waals surface area (Å²) in [6.07, 6.45) is 1.38. The van der Waals surface area contributed by atoms with E-state index in [9.17, 15) is 9.59 Å². The Hall–Kier alpha value is -1.18. The van der Waals surface area contributed by atoms with Gasteiger partial charge in [-0.25, -0.2) is 0 Å². The maximum Gasteiger partial charge on any atom is 0.309 e. The van der Waals surface area contributed by atoms with E-state index in [-0.39, 0.29) is 24.6 Å². The minimum absolute atomic E-state index is 0.185. The van der Waals surface area contributed by atoms with Crippen molar-refractivity contribution in [3.8, 4) is 0 Å². The van der Waals surface area contributed by atoms with Crippen molar-refractivity contribution in [2.24, 2.45) is 0 Å². The Kier molecular flexibility index (Phi) is 8.37. The highest BCUT2D eigenvalue weighted by Gasteiger charge is 2.29. The van der Waals surface area contributed by atoms with Crippen LogP contribution in [0, 0.1) is 0 Å². The molecule has 0 unspecified atom stereocenters. The molecule has 128 valence electrons. The summed E-state index contributed by atoms with van der Waals surface area (Å²) < 4.78 is 16.0. The van der Waals surface area contributed by atoms with Gasteiger partial charge in [0.2, 0.25) is 6.29 Å². The zero-order chi connectivity index (χ0) is 16.5. The maximum atomic E-state index is 11.6. The minimum Gasteiger partial charge on any atom is -0.463 e. The van der Waals surface area contributed by atoms with Crippen molar-refractivity contribution in [3.05, 3.63) is 0 Å². The molecule has 1 aliphatic heterocycles. The van der Waals surface area contributed by atoms with Crippen LogP contribution in [0.1, 0.15) is 25.7 Å². The van der Waals surface area contributed by atoms with E-state index in [0.29, 0.717) is 32.4 Å². The van der Waals surface area contributed by atoms with Gasteiger partial charge in [-0.05, 0) is 34.6 Å². The second-order valence-electron chi connectivity index (χ2n) is 6.04. The standard InChI is InChI=1S/C15H28N2O5/c1-16(2)9-7-13(18)20-11-12-5-6-15(21-12)22-14(19)8-10-17(3)4/h12,15H,5-11H2,1-4H3/t12-,15-/m0/s1. The van der Waals surface area contributed by atoms with E-state index in [1.807, 2.05) is 38.0 Å². The molecule has 1 fully saturated rings. The number of ether oxygens (including phenoxy) is 3. The van der Waals surface area contributed by atoms with Crippen molar-refractivity contribution in [1.29, 1.82) is 0 Å². The highest BCUT2D eigenvalue weighted by Crippen LogP contribution is 2.21. The number of hydrogen-bond acceptors (Lipinski definition) is 7. The van der Waals surface area contributed by atoms with Crippen LogP contribution in [0.5, 0.6) is 0 Å². The number of rotatable bonds is 9. The predicted octanol–water partition coefficient (Wildman–Crippen LogP) is 0.481. The van der Waals surface area contributed by atoms with E-state index in [0.717, 1.165) is 6.42 Å². The lowest BCUT2D eigenvalue weighted by molar-refractivity contribution is -0.180. The Morgan fingerprint density at radius 1 is 1.00 bits per heavy atom. The second kappa shape index (κ2) is 9.76. The fraction of sp³-hybridized carbons (Fsp3) is 0.867. The molecule has 7 nitrogen and oxygen atoms in total. The third-order valence-electron chi connectivity index (χ3n) is 3.29. The molecule has 0 spiro atoms. The summed E-state index contributed by atoms with van der Waals surface area (Å²) >= 11 is 0. The van der Waals surface area contributed by atoms with Gasteiger partial charge in [0.1, 0.15) is 6.61 Å². The third-order valence-corrected chi connectivity index (χ3v) is 3.29. The normalized spacial score (nSPS) is 21.4. The molecule has 0 saturated carbocycles. The van der Waals surface area contributed by atoms with Crippen molar-refractivity contribution in [2.45, 2.75) is 38.1 Å². The van der Waals surface area contributed by atoms with Crippen LogP contribution in [0.2, 0.25) is 0 Å². The van der Waals surface area contributed by atoms with Crippen LogP contribution in [-0.2, 0) is 23.8 Å².